The Bertz CT molecular complexity index is 206. The molecule has 0 heterocycles. The first kappa shape index (κ1) is 14.4. The molecule has 17 heavy (non-hydrogen) atoms. The molecule has 4 unspecified atom stereocenters. The second kappa shape index (κ2) is 7.53. The standard InChI is InChI=1S/C12H22O2S3/c13-9-5-1-3-7-11(9)15-17-16-12-8-4-2-6-10(12)14/h9-14H,1-8H2. The molecule has 2 rings (SSSR count). The van der Waals surface area contributed by atoms with E-state index in [4.69, 9.17) is 0 Å². The molecule has 0 aromatic rings. The van der Waals surface area contributed by atoms with Crippen molar-refractivity contribution in [3.8, 4) is 0 Å². The molecule has 4 atom stereocenters. The molecule has 0 aromatic heterocycles. The fourth-order valence-electron chi connectivity index (χ4n) is 2.50. The third-order valence-electron chi connectivity index (χ3n) is 3.66. The molecule has 0 amide bonds. The Balaban J connectivity index is 1.64. The van der Waals surface area contributed by atoms with Crippen LogP contribution in [0.1, 0.15) is 51.4 Å². The van der Waals surface area contributed by atoms with Crippen LogP contribution >= 0.6 is 31.4 Å². The zero-order valence-corrected chi connectivity index (χ0v) is 12.5. The SMILES string of the molecule is OC1CCCCC1SSSC1CCCCC1O. The maximum atomic E-state index is 9.87. The highest BCUT2D eigenvalue weighted by Gasteiger charge is 2.27. The summed E-state index contributed by atoms with van der Waals surface area (Å²) in [6, 6.07) is 0. The highest BCUT2D eigenvalue weighted by Crippen LogP contribution is 2.47. The van der Waals surface area contributed by atoms with Gasteiger partial charge >= 0.3 is 0 Å². The zero-order chi connectivity index (χ0) is 12.1. The predicted molar refractivity (Wildman–Crippen MR) is 79.3 cm³/mol. The van der Waals surface area contributed by atoms with Crippen molar-refractivity contribution in [1.29, 1.82) is 0 Å². The van der Waals surface area contributed by atoms with E-state index < -0.39 is 0 Å². The lowest BCUT2D eigenvalue weighted by atomic mass is 9.97. The van der Waals surface area contributed by atoms with Crippen molar-refractivity contribution in [2.75, 3.05) is 0 Å². The van der Waals surface area contributed by atoms with Crippen LogP contribution < -0.4 is 0 Å². The molecule has 5 heteroatoms. The first-order valence-electron chi connectivity index (χ1n) is 6.62. The van der Waals surface area contributed by atoms with E-state index in [0.29, 0.717) is 10.5 Å². The van der Waals surface area contributed by atoms with Crippen LogP contribution in [-0.2, 0) is 0 Å². The predicted octanol–water partition coefficient (Wildman–Crippen LogP) is 3.62. The summed E-state index contributed by atoms with van der Waals surface area (Å²) >= 11 is 0. The average Bonchev–Trinajstić information content (AvgIpc) is 2.34. The van der Waals surface area contributed by atoms with Gasteiger partial charge in [-0.3, -0.25) is 0 Å². The summed E-state index contributed by atoms with van der Waals surface area (Å²) < 4.78 is 0. The van der Waals surface area contributed by atoms with Gasteiger partial charge in [-0.1, -0.05) is 47.3 Å². The van der Waals surface area contributed by atoms with Crippen LogP contribution in [0.4, 0.5) is 0 Å². The van der Waals surface area contributed by atoms with Crippen molar-refractivity contribution >= 4 is 31.4 Å². The normalized spacial score (nSPS) is 39.2. The summed E-state index contributed by atoms with van der Waals surface area (Å²) in [7, 11) is 5.43. The van der Waals surface area contributed by atoms with Gasteiger partial charge in [0.1, 0.15) is 0 Å². The van der Waals surface area contributed by atoms with Gasteiger partial charge in [0.25, 0.3) is 0 Å². The molecule has 2 saturated carbocycles. The summed E-state index contributed by atoms with van der Waals surface area (Å²) in [5, 5.41) is 20.5. The van der Waals surface area contributed by atoms with Crippen LogP contribution in [0, 0.1) is 0 Å². The maximum absolute atomic E-state index is 9.87. The second-order valence-electron chi connectivity index (χ2n) is 5.04. The van der Waals surface area contributed by atoms with Crippen LogP contribution in [0.5, 0.6) is 0 Å². The first-order chi connectivity index (χ1) is 8.27. The Hall–Kier alpha value is 0.970. The molecule has 0 bridgehead atoms. The second-order valence-corrected chi connectivity index (χ2v) is 9.56. The molecule has 0 aromatic carbocycles. The highest BCUT2D eigenvalue weighted by molar-refractivity contribution is 9.09. The lowest BCUT2D eigenvalue weighted by Gasteiger charge is -2.29. The van der Waals surface area contributed by atoms with E-state index in [-0.39, 0.29) is 12.2 Å². The third-order valence-corrected chi connectivity index (χ3v) is 8.78. The minimum absolute atomic E-state index is 0.113. The van der Waals surface area contributed by atoms with Crippen molar-refractivity contribution in [2.24, 2.45) is 0 Å². The van der Waals surface area contributed by atoms with Crippen molar-refractivity contribution in [1.82, 2.24) is 0 Å². The van der Waals surface area contributed by atoms with Gasteiger partial charge in [0.05, 0.1) is 12.2 Å². The molecule has 100 valence electrons. The number of hydrogen-bond acceptors (Lipinski definition) is 5. The molecule has 2 fully saturated rings. The summed E-state index contributed by atoms with van der Waals surface area (Å²) in [5.41, 5.74) is 0. The monoisotopic (exact) mass is 294 g/mol. The fourth-order valence-corrected chi connectivity index (χ4v) is 8.12. The van der Waals surface area contributed by atoms with Crippen LogP contribution in [0.3, 0.4) is 0 Å². The van der Waals surface area contributed by atoms with E-state index in [2.05, 4.69) is 0 Å². The van der Waals surface area contributed by atoms with Crippen molar-refractivity contribution in [3.05, 3.63) is 0 Å². The van der Waals surface area contributed by atoms with Crippen LogP contribution in [0.2, 0.25) is 0 Å². The summed E-state index contributed by atoms with van der Waals surface area (Å²) in [6.07, 6.45) is 8.87. The van der Waals surface area contributed by atoms with Crippen LogP contribution in [0.15, 0.2) is 0 Å². The molecule has 2 aliphatic carbocycles. The molecular formula is C12H22O2S3. The van der Waals surface area contributed by atoms with Crippen molar-refractivity contribution in [3.63, 3.8) is 0 Å². The molecule has 0 saturated heterocycles. The van der Waals surface area contributed by atoms with Gasteiger partial charge in [-0.2, -0.15) is 0 Å². The van der Waals surface area contributed by atoms with Crippen LogP contribution in [0.25, 0.3) is 0 Å². The molecule has 0 aliphatic heterocycles. The highest BCUT2D eigenvalue weighted by atomic mass is 33.5. The fraction of sp³-hybridized carbons (Fsp3) is 1.00. The Labute approximate surface area is 115 Å². The smallest absolute Gasteiger partial charge is 0.0667 e. The Morgan fingerprint density at radius 2 is 1.06 bits per heavy atom. The molecule has 2 nitrogen and oxygen atoms in total. The summed E-state index contributed by atoms with van der Waals surface area (Å²) in [6.45, 7) is 0. The molecule has 0 radical (unpaired) electrons. The minimum atomic E-state index is -0.113. The van der Waals surface area contributed by atoms with Gasteiger partial charge in [-0.15, -0.1) is 0 Å². The Morgan fingerprint density at radius 1 is 0.647 bits per heavy atom. The van der Waals surface area contributed by atoms with Gasteiger partial charge < -0.3 is 10.2 Å². The van der Waals surface area contributed by atoms with E-state index in [1.165, 1.54) is 25.7 Å². The van der Waals surface area contributed by atoms with Gasteiger partial charge in [-0.05, 0) is 35.5 Å². The van der Waals surface area contributed by atoms with E-state index in [1.807, 2.05) is 21.6 Å². The number of rotatable bonds is 4. The summed E-state index contributed by atoms with van der Waals surface area (Å²) in [4.78, 5) is 0. The van der Waals surface area contributed by atoms with E-state index in [1.54, 1.807) is 9.83 Å². The zero-order valence-electron chi connectivity index (χ0n) is 10.1. The van der Waals surface area contributed by atoms with E-state index in [0.717, 1.165) is 25.7 Å². The topological polar surface area (TPSA) is 40.5 Å². The Kier molecular flexibility index (Phi) is 6.37. The van der Waals surface area contributed by atoms with E-state index in [9.17, 15) is 10.2 Å². The lowest BCUT2D eigenvalue weighted by molar-refractivity contribution is 0.137. The average molecular weight is 295 g/mol. The van der Waals surface area contributed by atoms with Crippen molar-refractivity contribution < 1.29 is 10.2 Å². The first-order valence-corrected chi connectivity index (χ1v) is 10.2. The van der Waals surface area contributed by atoms with E-state index >= 15 is 0 Å². The summed E-state index contributed by atoms with van der Waals surface area (Å²) in [5.74, 6) is 0. The maximum Gasteiger partial charge on any atom is 0.0667 e. The van der Waals surface area contributed by atoms with Crippen LogP contribution in [-0.4, -0.2) is 32.9 Å². The van der Waals surface area contributed by atoms with Gasteiger partial charge in [-0.25, -0.2) is 0 Å². The largest absolute Gasteiger partial charge is 0.392 e. The van der Waals surface area contributed by atoms with Crippen molar-refractivity contribution in [2.45, 2.75) is 74.1 Å². The molecule has 2 aliphatic rings. The van der Waals surface area contributed by atoms with Gasteiger partial charge in [0, 0.05) is 10.5 Å². The number of aliphatic hydroxyl groups is 2. The quantitative estimate of drug-likeness (QED) is 0.775. The lowest BCUT2D eigenvalue weighted by Crippen LogP contribution is -2.27. The van der Waals surface area contributed by atoms with Gasteiger partial charge in [0.2, 0.25) is 0 Å². The van der Waals surface area contributed by atoms with Gasteiger partial charge in [0.15, 0.2) is 0 Å². The molecular weight excluding hydrogens is 272 g/mol. The minimum Gasteiger partial charge on any atom is -0.392 e. The molecule has 0 spiro atoms. The number of aliphatic hydroxyl groups excluding tert-OH is 2. The Morgan fingerprint density at radius 3 is 1.47 bits per heavy atom. The third kappa shape index (κ3) is 4.53. The number of hydrogen-bond donors (Lipinski definition) is 2. The molecule has 2 N–H and O–H groups in total.